The first-order chi connectivity index (χ1) is 17.8. The summed E-state index contributed by atoms with van der Waals surface area (Å²) in [5.74, 6) is 0.929. The van der Waals surface area contributed by atoms with Crippen LogP contribution in [0.4, 0.5) is 5.69 Å². The second-order valence-electron chi connectivity index (χ2n) is 10.9. The summed E-state index contributed by atoms with van der Waals surface area (Å²) in [5, 5.41) is 1.06. The van der Waals surface area contributed by atoms with Crippen molar-refractivity contribution in [2.24, 2.45) is 5.41 Å². The van der Waals surface area contributed by atoms with Crippen LogP contribution in [0.25, 0.3) is 0 Å². The number of ether oxygens (including phenoxy) is 1. The van der Waals surface area contributed by atoms with Crippen LogP contribution in [0.1, 0.15) is 72.5 Å². The Morgan fingerprint density at radius 1 is 1.00 bits per heavy atom. The van der Waals surface area contributed by atoms with Crippen LogP contribution >= 0.6 is 23.2 Å². The zero-order valence-corrected chi connectivity index (χ0v) is 23.3. The van der Waals surface area contributed by atoms with E-state index in [1.165, 1.54) is 11.1 Å². The summed E-state index contributed by atoms with van der Waals surface area (Å²) >= 11 is 12.8. The highest BCUT2D eigenvalue weighted by Crippen LogP contribution is 2.58. The minimum absolute atomic E-state index is 0.0138. The molecule has 4 nitrogen and oxygen atoms in total. The molecule has 194 valence electrons. The number of methoxy groups -OCH3 is 1. The van der Waals surface area contributed by atoms with Crippen LogP contribution in [0.5, 0.6) is 5.75 Å². The third-order valence-electron chi connectivity index (χ3n) is 8.82. The molecule has 6 rings (SSSR count). The molecule has 0 unspecified atom stereocenters. The quantitative estimate of drug-likeness (QED) is 0.305. The van der Waals surface area contributed by atoms with Crippen LogP contribution in [0.15, 0.2) is 54.9 Å². The summed E-state index contributed by atoms with van der Waals surface area (Å²) in [6, 6.07) is 13.9. The lowest BCUT2D eigenvalue weighted by atomic mass is 9.51. The van der Waals surface area contributed by atoms with Gasteiger partial charge in [-0.1, -0.05) is 42.3 Å². The molecule has 2 aromatic carbocycles. The van der Waals surface area contributed by atoms with E-state index in [2.05, 4.69) is 37.0 Å². The normalized spacial score (nSPS) is 22.6. The SMILES string of the molecule is CCc1cnccc1C(=O)N(CC12CCC(c3ccc(OC)c(C)c3)(CC1)CC2)c1cc(Cl)cc(Cl)c1. The maximum absolute atomic E-state index is 14.1. The summed E-state index contributed by atoms with van der Waals surface area (Å²) in [4.78, 5) is 20.2. The molecule has 0 radical (unpaired) electrons. The van der Waals surface area contributed by atoms with E-state index in [9.17, 15) is 4.79 Å². The van der Waals surface area contributed by atoms with E-state index in [0.717, 1.165) is 61.9 Å². The molecule has 0 spiro atoms. The number of carbonyl (C=O) groups is 1. The van der Waals surface area contributed by atoms with Crippen molar-refractivity contribution in [3.63, 3.8) is 0 Å². The first kappa shape index (κ1) is 26.1. The van der Waals surface area contributed by atoms with E-state index in [-0.39, 0.29) is 16.7 Å². The van der Waals surface area contributed by atoms with Crippen molar-refractivity contribution in [3.05, 3.63) is 87.2 Å². The van der Waals surface area contributed by atoms with Gasteiger partial charge < -0.3 is 9.64 Å². The number of aryl methyl sites for hydroxylation is 2. The Hall–Kier alpha value is -2.56. The summed E-state index contributed by atoms with van der Waals surface area (Å²) in [6.07, 6.45) is 10.9. The van der Waals surface area contributed by atoms with Crippen LogP contribution in [0.3, 0.4) is 0 Å². The van der Waals surface area contributed by atoms with Gasteiger partial charge >= 0.3 is 0 Å². The van der Waals surface area contributed by atoms with Gasteiger partial charge in [0.2, 0.25) is 0 Å². The third kappa shape index (κ3) is 4.98. The summed E-state index contributed by atoms with van der Waals surface area (Å²) in [5.41, 5.74) is 5.31. The van der Waals surface area contributed by atoms with E-state index in [4.69, 9.17) is 27.9 Å². The Balaban J connectivity index is 1.45. The number of hydrogen-bond donors (Lipinski definition) is 0. The van der Waals surface area contributed by atoms with E-state index < -0.39 is 0 Å². The Bertz CT molecular complexity index is 1280. The molecule has 2 bridgehead atoms. The second kappa shape index (κ2) is 10.3. The number of hydrogen-bond acceptors (Lipinski definition) is 3. The predicted molar refractivity (Wildman–Crippen MR) is 151 cm³/mol. The highest BCUT2D eigenvalue weighted by atomic mass is 35.5. The molecule has 0 saturated heterocycles. The molecule has 1 aromatic heterocycles. The maximum atomic E-state index is 14.1. The fourth-order valence-corrected chi connectivity index (χ4v) is 7.03. The summed E-state index contributed by atoms with van der Waals surface area (Å²) in [7, 11) is 1.73. The van der Waals surface area contributed by atoms with Crippen LogP contribution in [-0.4, -0.2) is 24.5 Å². The van der Waals surface area contributed by atoms with Gasteiger partial charge in [-0.05, 0) is 110 Å². The standard InChI is InChI=1S/C31H34Cl2N2O2/c1-4-22-19-34-14-7-27(22)29(36)35(26-17-24(32)16-25(33)18-26)20-30-8-11-31(12-9-30,13-10-30)23-5-6-28(37-3)21(2)15-23/h5-7,14-19H,4,8-13,20H2,1-3H3. The predicted octanol–water partition coefficient (Wildman–Crippen LogP) is 8.21. The van der Waals surface area contributed by atoms with Gasteiger partial charge in [0.05, 0.1) is 7.11 Å². The zero-order valence-electron chi connectivity index (χ0n) is 21.8. The fourth-order valence-electron chi connectivity index (χ4n) is 6.52. The second-order valence-corrected chi connectivity index (χ2v) is 11.7. The Morgan fingerprint density at radius 3 is 2.27 bits per heavy atom. The van der Waals surface area contributed by atoms with Crippen LogP contribution in [0.2, 0.25) is 10.0 Å². The molecule has 1 amide bonds. The van der Waals surface area contributed by atoms with E-state index in [1.54, 1.807) is 25.6 Å². The van der Waals surface area contributed by atoms with Crippen molar-refractivity contribution in [3.8, 4) is 5.75 Å². The molecular formula is C31H34Cl2N2O2. The van der Waals surface area contributed by atoms with Crippen molar-refractivity contribution in [2.45, 2.75) is 64.2 Å². The molecule has 0 atom stereocenters. The number of fused-ring (bicyclic) bond motifs is 3. The molecule has 6 heteroatoms. The number of benzene rings is 2. The Morgan fingerprint density at radius 2 is 1.68 bits per heavy atom. The molecular weight excluding hydrogens is 503 g/mol. The lowest BCUT2D eigenvalue weighted by Gasteiger charge is -2.55. The number of nitrogens with zero attached hydrogens (tertiary/aromatic N) is 2. The van der Waals surface area contributed by atoms with E-state index in [0.29, 0.717) is 22.2 Å². The number of aromatic nitrogens is 1. The number of carbonyl (C=O) groups excluding carboxylic acids is 1. The van der Waals surface area contributed by atoms with Gasteiger partial charge in [0.1, 0.15) is 5.75 Å². The van der Waals surface area contributed by atoms with Crippen molar-refractivity contribution in [1.29, 1.82) is 0 Å². The minimum atomic E-state index is -0.0138. The number of rotatable bonds is 7. The van der Waals surface area contributed by atoms with Gasteiger partial charge in [0.15, 0.2) is 0 Å². The van der Waals surface area contributed by atoms with E-state index >= 15 is 0 Å². The smallest absolute Gasteiger partial charge is 0.258 e. The highest BCUT2D eigenvalue weighted by Gasteiger charge is 2.50. The molecule has 0 aliphatic heterocycles. The highest BCUT2D eigenvalue weighted by molar-refractivity contribution is 6.35. The summed E-state index contributed by atoms with van der Waals surface area (Å²) < 4.78 is 5.50. The lowest BCUT2D eigenvalue weighted by molar-refractivity contribution is 0.0441. The number of pyridine rings is 1. The average molecular weight is 538 g/mol. The first-order valence-electron chi connectivity index (χ1n) is 13.1. The van der Waals surface area contributed by atoms with Crippen molar-refractivity contribution in [1.82, 2.24) is 4.98 Å². The van der Waals surface area contributed by atoms with Crippen LogP contribution in [0, 0.1) is 12.3 Å². The molecule has 3 aliphatic rings. The largest absolute Gasteiger partial charge is 0.496 e. The van der Waals surface area contributed by atoms with Gasteiger partial charge in [0.25, 0.3) is 5.91 Å². The maximum Gasteiger partial charge on any atom is 0.258 e. The van der Waals surface area contributed by atoms with Gasteiger partial charge in [-0.3, -0.25) is 9.78 Å². The van der Waals surface area contributed by atoms with Gasteiger partial charge in [-0.2, -0.15) is 0 Å². The minimum Gasteiger partial charge on any atom is -0.496 e. The van der Waals surface area contributed by atoms with Crippen LogP contribution < -0.4 is 9.64 Å². The molecule has 3 aliphatic carbocycles. The van der Waals surface area contributed by atoms with E-state index in [1.807, 2.05) is 23.1 Å². The number of halogens is 2. The van der Waals surface area contributed by atoms with Crippen molar-refractivity contribution < 1.29 is 9.53 Å². The zero-order chi connectivity index (χ0) is 26.2. The topological polar surface area (TPSA) is 42.4 Å². The molecule has 3 saturated carbocycles. The Labute approximate surface area is 230 Å². The van der Waals surface area contributed by atoms with Crippen molar-refractivity contribution >= 4 is 34.8 Å². The van der Waals surface area contributed by atoms with Crippen LogP contribution in [-0.2, 0) is 11.8 Å². The van der Waals surface area contributed by atoms with Gasteiger partial charge in [-0.25, -0.2) is 0 Å². The fraction of sp³-hybridized carbons (Fsp3) is 0.419. The average Bonchev–Trinajstić information content (AvgIpc) is 2.92. The number of amides is 1. The van der Waals surface area contributed by atoms with Gasteiger partial charge in [-0.15, -0.1) is 0 Å². The summed E-state index contributed by atoms with van der Waals surface area (Å²) in [6.45, 7) is 4.83. The van der Waals surface area contributed by atoms with Crippen molar-refractivity contribution in [2.75, 3.05) is 18.6 Å². The Kier molecular flexibility index (Phi) is 7.26. The van der Waals surface area contributed by atoms with Gasteiger partial charge in [0, 0.05) is 40.2 Å². The molecule has 3 fully saturated rings. The molecule has 3 aromatic rings. The molecule has 0 N–H and O–H groups in total. The molecule has 1 heterocycles. The third-order valence-corrected chi connectivity index (χ3v) is 9.26. The first-order valence-corrected chi connectivity index (χ1v) is 13.9. The lowest BCUT2D eigenvalue weighted by Crippen LogP contribution is -2.50. The molecule has 37 heavy (non-hydrogen) atoms. The number of anilines is 1. The monoisotopic (exact) mass is 536 g/mol.